The maximum Gasteiger partial charge on any atom is 0.261 e. The fraction of sp³-hybridized carbons (Fsp3) is 0.348. The lowest BCUT2D eigenvalue weighted by molar-refractivity contribution is -0.122. The monoisotopic (exact) mass is 439 g/mol. The molecule has 0 spiro atoms. The van der Waals surface area contributed by atoms with E-state index in [2.05, 4.69) is 22.4 Å². The van der Waals surface area contributed by atoms with Gasteiger partial charge in [0.15, 0.2) is 11.5 Å². The van der Waals surface area contributed by atoms with E-state index >= 15 is 0 Å². The third-order valence-corrected chi connectivity index (χ3v) is 6.55. The van der Waals surface area contributed by atoms with Crippen molar-refractivity contribution in [2.24, 2.45) is 0 Å². The van der Waals surface area contributed by atoms with Crippen LogP contribution in [0.5, 0.6) is 11.5 Å². The number of nitrogens with one attached hydrogen (secondary N) is 1. The lowest BCUT2D eigenvalue weighted by atomic mass is 10.0. The minimum Gasteiger partial charge on any atom is -0.493 e. The third-order valence-electron chi connectivity index (χ3n) is 5.43. The molecule has 2 heterocycles. The Bertz CT molecular complexity index is 1160. The number of hydrogen-bond donors (Lipinski definition) is 1. The third kappa shape index (κ3) is 4.54. The number of thioether (sulfide) groups is 1. The van der Waals surface area contributed by atoms with Gasteiger partial charge in [0.1, 0.15) is 0 Å². The van der Waals surface area contributed by atoms with Crippen molar-refractivity contribution < 1.29 is 14.3 Å². The van der Waals surface area contributed by atoms with Gasteiger partial charge in [-0.1, -0.05) is 18.2 Å². The van der Waals surface area contributed by atoms with Crippen LogP contribution in [0.4, 0.5) is 0 Å². The highest BCUT2D eigenvalue weighted by Crippen LogP contribution is 2.35. The number of aromatic nitrogens is 2. The molecule has 8 heteroatoms. The van der Waals surface area contributed by atoms with Crippen LogP contribution in [0.25, 0.3) is 10.9 Å². The van der Waals surface area contributed by atoms with Gasteiger partial charge in [0.2, 0.25) is 5.91 Å². The number of aryl methyl sites for hydroxylation is 1. The van der Waals surface area contributed by atoms with E-state index in [9.17, 15) is 9.59 Å². The number of carbonyl (C=O) groups is 1. The Morgan fingerprint density at radius 2 is 2.00 bits per heavy atom. The summed E-state index contributed by atoms with van der Waals surface area (Å²) in [5.41, 5.74) is 1.57. The van der Waals surface area contributed by atoms with Gasteiger partial charge in [-0.2, -0.15) is 0 Å². The van der Waals surface area contributed by atoms with Crippen LogP contribution in [-0.2, 0) is 11.3 Å². The molecule has 3 aromatic rings. The van der Waals surface area contributed by atoms with Gasteiger partial charge in [0.05, 0.1) is 37.5 Å². The molecule has 2 aromatic carbocycles. The normalized spacial score (nSPS) is 15.4. The minimum absolute atomic E-state index is 0.0000870. The van der Waals surface area contributed by atoms with E-state index in [1.165, 1.54) is 28.5 Å². The molecule has 0 fully saturated rings. The van der Waals surface area contributed by atoms with Gasteiger partial charge < -0.3 is 14.8 Å². The summed E-state index contributed by atoms with van der Waals surface area (Å²) in [4.78, 5) is 31.0. The van der Waals surface area contributed by atoms with Crippen molar-refractivity contribution in [3.8, 4) is 11.5 Å². The quantitative estimate of drug-likeness (QED) is 0.606. The van der Waals surface area contributed by atoms with Crippen LogP contribution in [0.3, 0.4) is 0 Å². The Kier molecular flexibility index (Phi) is 6.46. The molecule has 7 nitrogen and oxygen atoms in total. The highest BCUT2D eigenvalue weighted by atomic mass is 32.2. The second-order valence-electron chi connectivity index (χ2n) is 7.37. The lowest BCUT2D eigenvalue weighted by Crippen LogP contribution is -2.31. The number of nitrogens with zero attached hydrogens (tertiary/aromatic N) is 2. The molecule has 1 aliphatic rings. The molecule has 0 saturated carbocycles. The first-order chi connectivity index (χ1) is 15.1. The van der Waals surface area contributed by atoms with Crippen molar-refractivity contribution in [2.75, 3.05) is 20.0 Å². The first kappa shape index (κ1) is 21.2. The summed E-state index contributed by atoms with van der Waals surface area (Å²) in [6.07, 6.45) is 3.34. The van der Waals surface area contributed by atoms with E-state index in [0.717, 1.165) is 12.2 Å². The highest BCUT2D eigenvalue weighted by Gasteiger charge is 2.21. The van der Waals surface area contributed by atoms with Gasteiger partial charge in [0, 0.05) is 29.7 Å². The number of benzene rings is 2. The zero-order chi connectivity index (χ0) is 21.8. The fourth-order valence-electron chi connectivity index (χ4n) is 3.81. The number of carbonyl (C=O) groups excluding carboxylic acids is 1. The Morgan fingerprint density at radius 3 is 2.81 bits per heavy atom. The van der Waals surface area contributed by atoms with Gasteiger partial charge in [0.25, 0.3) is 5.56 Å². The van der Waals surface area contributed by atoms with Crippen LogP contribution in [0.15, 0.2) is 52.4 Å². The fourth-order valence-corrected chi connectivity index (χ4v) is 4.94. The van der Waals surface area contributed by atoms with Crippen LogP contribution in [-0.4, -0.2) is 35.4 Å². The van der Waals surface area contributed by atoms with Crippen molar-refractivity contribution in [2.45, 2.75) is 36.7 Å². The maximum atomic E-state index is 12.8. The lowest BCUT2D eigenvalue weighted by Gasteiger charge is -2.25. The molecule has 1 aromatic heterocycles. The molecule has 1 atom stereocenters. The van der Waals surface area contributed by atoms with Crippen LogP contribution in [0.2, 0.25) is 0 Å². The molecular formula is C23H25N3O4S. The molecule has 0 radical (unpaired) electrons. The number of ether oxygens (including phenoxy) is 2. The molecule has 0 bridgehead atoms. The zero-order valence-corrected chi connectivity index (χ0v) is 18.4. The molecule has 1 aliphatic heterocycles. The standard InChI is InChI=1S/C23H25N3O4S/c1-29-19-12-16-18(13-20(19)30-2)24-14-26(23(16)28)10-5-8-22(27)25-17-9-11-31-21-7-4-3-6-15(17)21/h3-4,6-7,12-14,17H,5,8-11H2,1-2H3,(H,25,27). The molecule has 162 valence electrons. The SMILES string of the molecule is COc1cc2ncn(CCCC(=O)NC3CCSc4ccccc43)c(=O)c2cc1OC. The van der Waals surface area contributed by atoms with Crippen molar-refractivity contribution in [1.82, 2.24) is 14.9 Å². The first-order valence-electron chi connectivity index (χ1n) is 10.2. The summed E-state index contributed by atoms with van der Waals surface area (Å²) in [6.45, 7) is 0.417. The first-order valence-corrected chi connectivity index (χ1v) is 11.2. The van der Waals surface area contributed by atoms with Gasteiger partial charge in [-0.25, -0.2) is 4.98 Å². The summed E-state index contributed by atoms with van der Waals surface area (Å²) < 4.78 is 12.1. The van der Waals surface area contributed by atoms with E-state index in [-0.39, 0.29) is 17.5 Å². The molecule has 1 unspecified atom stereocenters. The van der Waals surface area contributed by atoms with Crippen molar-refractivity contribution in [3.05, 3.63) is 58.6 Å². The van der Waals surface area contributed by atoms with Crippen molar-refractivity contribution in [1.29, 1.82) is 0 Å². The molecule has 4 rings (SSSR count). The number of amides is 1. The number of fused-ring (bicyclic) bond motifs is 2. The van der Waals surface area contributed by atoms with E-state index in [0.29, 0.717) is 41.8 Å². The number of hydrogen-bond acceptors (Lipinski definition) is 6. The van der Waals surface area contributed by atoms with E-state index in [1.807, 2.05) is 23.9 Å². The number of rotatable bonds is 7. The summed E-state index contributed by atoms with van der Waals surface area (Å²) in [6, 6.07) is 11.6. The molecule has 1 amide bonds. The maximum absolute atomic E-state index is 12.8. The second kappa shape index (κ2) is 9.43. The van der Waals surface area contributed by atoms with Crippen LogP contribution in [0, 0.1) is 0 Å². The van der Waals surface area contributed by atoms with Crippen molar-refractivity contribution in [3.63, 3.8) is 0 Å². The van der Waals surface area contributed by atoms with Gasteiger partial charge in [-0.3, -0.25) is 14.2 Å². The minimum atomic E-state index is -0.162. The topological polar surface area (TPSA) is 82.5 Å². The van der Waals surface area contributed by atoms with Crippen molar-refractivity contribution >= 4 is 28.6 Å². The summed E-state index contributed by atoms with van der Waals surface area (Å²) in [5, 5.41) is 3.61. The summed E-state index contributed by atoms with van der Waals surface area (Å²) in [5.74, 6) is 2.00. The van der Waals surface area contributed by atoms with Crippen LogP contribution >= 0.6 is 11.8 Å². The van der Waals surface area contributed by atoms with Gasteiger partial charge in [-0.15, -0.1) is 11.8 Å². The molecule has 31 heavy (non-hydrogen) atoms. The largest absolute Gasteiger partial charge is 0.493 e. The number of methoxy groups -OCH3 is 2. The van der Waals surface area contributed by atoms with Crippen LogP contribution < -0.4 is 20.3 Å². The molecule has 1 N–H and O–H groups in total. The predicted octanol–water partition coefficient (Wildman–Crippen LogP) is 3.55. The average Bonchev–Trinajstić information content (AvgIpc) is 2.80. The average molecular weight is 440 g/mol. The second-order valence-corrected chi connectivity index (χ2v) is 8.50. The van der Waals surface area contributed by atoms with E-state index in [4.69, 9.17) is 9.47 Å². The molecule has 0 aliphatic carbocycles. The molecular weight excluding hydrogens is 414 g/mol. The zero-order valence-electron chi connectivity index (χ0n) is 17.6. The summed E-state index contributed by atoms with van der Waals surface area (Å²) in [7, 11) is 3.07. The Balaban J connectivity index is 1.40. The van der Waals surface area contributed by atoms with Gasteiger partial charge >= 0.3 is 0 Å². The Morgan fingerprint density at radius 1 is 1.23 bits per heavy atom. The van der Waals surface area contributed by atoms with Crippen LogP contribution in [0.1, 0.15) is 30.9 Å². The Labute approximate surface area is 184 Å². The van der Waals surface area contributed by atoms with E-state index in [1.54, 1.807) is 19.2 Å². The van der Waals surface area contributed by atoms with E-state index < -0.39 is 0 Å². The smallest absolute Gasteiger partial charge is 0.261 e. The highest BCUT2D eigenvalue weighted by molar-refractivity contribution is 7.99. The summed E-state index contributed by atoms with van der Waals surface area (Å²) >= 11 is 1.83. The van der Waals surface area contributed by atoms with Gasteiger partial charge in [-0.05, 0) is 30.5 Å². The predicted molar refractivity (Wildman–Crippen MR) is 121 cm³/mol. The molecule has 0 saturated heterocycles. The Hall–Kier alpha value is -3.00.